The minimum atomic E-state index is -0.318. The monoisotopic (exact) mass is 437 g/mol. The van der Waals surface area contributed by atoms with Crippen LogP contribution >= 0.6 is 0 Å². The summed E-state index contributed by atoms with van der Waals surface area (Å²) < 4.78 is 4.84. The van der Waals surface area contributed by atoms with Crippen LogP contribution in [0.5, 0.6) is 0 Å². The predicted molar refractivity (Wildman–Crippen MR) is 130 cm³/mol. The van der Waals surface area contributed by atoms with E-state index in [2.05, 4.69) is 37.1 Å². The molecule has 2 aromatic rings. The van der Waals surface area contributed by atoms with Crippen molar-refractivity contribution in [2.24, 2.45) is 23.7 Å². The fourth-order valence-electron chi connectivity index (χ4n) is 5.75. The van der Waals surface area contributed by atoms with Gasteiger partial charge in [0.1, 0.15) is 5.82 Å². The molecule has 1 aromatic carbocycles. The maximum absolute atomic E-state index is 11.8. The Morgan fingerprint density at radius 3 is 2.75 bits per heavy atom. The van der Waals surface area contributed by atoms with Gasteiger partial charge in [-0.05, 0) is 68.1 Å². The van der Waals surface area contributed by atoms with Gasteiger partial charge < -0.3 is 15.0 Å². The second-order valence-corrected chi connectivity index (χ2v) is 10.3. The number of hydrogen-bond donors (Lipinski definition) is 2. The molecular formula is C27H39N3O2. The highest BCUT2D eigenvalue weighted by atomic mass is 16.5. The predicted octanol–water partition coefficient (Wildman–Crippen LogP) is 5.67. The van der Waals surface area contributed by atoms with E-state index in [0.717, 1.165) is 29.8 Å². The summed E-state index contributed by atoms with van der Waals surface area (Å²) in [7, 11) is 1.41. The molecule has 1 saturated carbocycles. The first-order valence-corrected chi connectivity index (χ1v) is 12.4. The molecule has 0 bridgehead atoms. The topological polar surface area (TPSA) is 67.0 Å². The van der Waals surface area contributed by atoms with E-state index in [0.29, 0.717) is 35.3 Å². The molecule has 2 aliphatic rings. The molecule has 32 heavy (non-hydrogen) atoms. The van der Waals surface area contributed by atoms with Crippen molar-refractivity contribution < 1.29 is 9.53 Å². The van der Waals surface area contributed by atoms with Crippen molar-refractivity contribution >= 4 is 17.0 Å². The number of hydrogen-bond acceptors (Lipinski definition) is 4. The van der Waals surface area contributed by atoms with Crippen LogP contribution in [0.25, 0.3) is 11.0 Å². The van der Waals surface area contributed by atoms with Crippen molar-refractivity contribution in [1.82, 2.24) is 15.3 Å². The lowest BCUT2D eigenvalue weighted by Gasteiger charge is -2.38. The number of fused-ring (bicyclic) bond motifs is 1. The molecule has 3 unspecified atom stereocenters. The first kappa shape index (κ1) is 23.0. The molecule has 0 radical (unpaired) electrons. The van der Waals surface area contributed by atoms with Crippen LogP contribution in [-0.4, -0.2) is 35.6 Å². The molecule has 0 aliphatic heterocycles. The van der Waals surface area contributed by atoms with Gasteiger partial charge in [0.25, 0.3) is 0 Å². The zero-order valence-corrected chi connectivity index (χ0v) is 20.1. The smallest absolute Gasteiger partial charge is 0.337 e. The van der Waals surface area contributed by atoms with E-state index in [1.807, 2.05) is 12.1 Å². The van der Waals surface area contributed by atoms with Gasteiger partial charge in [0, 0.05) is 19.0 Å². The van der Waals surface area contributed by atoms with Crippen molar-refractivity contribution in [3.63, 3.8) is 0 Å². The Balaban J connectivity index is 1.46. The van der Waals surface area contributed by atoms with Crippen LogP contribution in [0.2, 0.25) is 0 Å². The first-order chi connectivity index (χ1) is 15.4. The number of carbonyl (C=O) groups excluding carboxylic acids is 1. The van der Waals surface area contributed by atoms with Crippen LogP contribution in [-0.2, 0) is 11.2 Å². The molecule has 1 aromatic heterocycles. The summed E-state index contributed by atoms with van der Waals surface area (Å²) in [6, 6.07) is 6.23. The summed E-state index contributed by atoms with van der Waals surface area (Å²) in [5.74, 6) is 3.16. The highest BCUT2D eigenvalue weighted by molar-refractivity contribution is 5.93. The minimum absolute atomic E-state index is 0.318. The van der Waals surface area contributed by atoms with Crippen LogP contribution in [0.1, 0.15) is 75.5 Å². The lowest BCUT2D eigenvalue weighted by molar-refractivity contribution is 0.0601. The quantitative estimate of drug-likeness (QED) is 0.433. The number of ether oxygens (including phenoxy) is 1. The number of nitrogens with zero attached hydrogens (tertiary/aromatic N) is 1. The zero-order chi connectivity index (χ0) is 22.7. The van der Waals surface area contributed by atoms with Gasteiger partial charge in [-0.3, -0.25) is 0 Å². The average Bonchev–Trinajstić information content (AvgIpc) is 3.20. The van der Waals surface area contributed by atoms with Crippen LogP contribution in [0.4, 0.5) is 0 Å². The van der Waals surface area contributed by atoms with E-state index in [-0.39, 0.29) is 5.97 Å². The Hall–Kier alpha value is -2.14. The Bertz CT molecular complexity index is 955. The van der Waals surface area contributed by atoms with Crippen molar-refractivity contribution in [2.45, 2.75) is 71.8 Å². The molecule has 5 heteroatoms. The summed E-state index contributed by atoms with van der Waals surface area (Å²) in [5, 5.41) is 3.90. The summed E-state index contributed by atoms with van der Waals surface area (Å²) in [6.45, 7) is 8.16. The van der Waals surface area contributed by atoms with Gasteiger partial charge in [0.05, 0.1) is 23.7 Å². The number of nitrogens with one attached hydrogen (secondary N) is 2. The van der Waals surface area contributed by atoms with E-state index in [9.17, 15) is 4.79 Å². The van der Waals surface area contributed by atoms with Gasteiger partial charge in [-0.1, -0.05) is 44.8 Å². The van der Waals surface area contributed by atoms with Gasteiger partial charge in [-0.15, -0.1) is 0 Å². The highest BCUT2D eigenvalue weighted by Crippen LogP contribution is 2.39. The van der Waals surface area contributed by atoms with Crippen molar-refractivity contribution in [2.75, 3.05) is 13.7 Å². The summed E-state index contributed by atoms with van der Waals surface area (Å²) in [5.41, 5.74) is 3.85. The lowest BCUT2D eigenvalue weighted by Crippen LogP contribution is -2.39. The standard InChI is InChI=1S/C27H39N3O2/c1-17(2)23-13-20(18(3)12-21(23)16-28-22-8-6-5-7-9-22)15-26-29-24-11-10-19(27(31)32-4)14-25(24)30-26/h10-12,14,17,20-23,28H,5-9,13,15-16H2,1-4H3,(H,29,30). The SMILES string of the molecule is COC(=O)c1ccc2nc(CC3CC(C(C)C)C(CNC4CCCCC4)C=C3C)[nH]c2c1. The van der Waals surface area contributed by atoms with Crippen molar-refractivity contribution in [3.8, 4) is 0 Å². The van der Waals surface area contributed by atoms with Crippen molar-refractivity contribution in [1.29, 1.82) is 0 Å². The van der Waals surface area contributed by atoms with E-state index in [1.54, 1.807) is 6.07 Å². The summed E-state index contributed by atoms with van der Waals surface area (Å²) >= 11 is 0. The molecule has 3 atom stereocenters. The molecule has 0 amide bonds. The third-order valence-electron chi connectivity index (χ3n) is 7.72. The van der Waals surface area contributed by atoms with E-state index >= 15 is 0 Å². The zero-order valence-electron chi connectivity index (χ0n) is 20.1. The lowest BCUT2D eigenvalue weighted by atomic mass is 9.69. The molecule has 2 N–H and O–H groups in total. The second-order valence-electron chi connectivity index (χ2n) is 10.3. The van der Waals surface area contributed by atoms with Crippen LogP contribution < -0.4 is 5.32 Å². The number of H-pyrrole nitrogens is 1. The molecule has 0 spiro atoms. The normalized spacial score (nSPS) is 24.7. The number of methoxy groups -OCH3 is 1. The van der Waals surface area contributed by atoms with Crippen LogP contribution in [0, 0.1) is 23.7 Å². The van der Waals surface area contributed by atoms with Crippen LogP contribution in [0.15, 0.2) is 29.8 Å². The summed E-state index contributed by atoms with van der Waals surface area (Å²) in [4.78, 5) is 20.1. The third-order valence-corrected chi connectivity index (χ3v) is 7.72. The number of imidazole rings is 1. The Labute approximate surface area is 192 Å². The van der Waals surface area contributed by atoms with Gasteiger partial charge in [-0.25, -0.2) is 9.78 Å². The van der Waals surface area contributed by atoms with E-state index in [1.165, 1.54) is 51.2 Å². The number of aromatic nitrogens is 2. The molecular weight excluding hydrogens is 398 g/mol. The highest BCUT2D eigenvalue weighted by Gasteiger charge is 2.32. The molecule has 2 aliphatic carbocycles. The molecule has 1 fully saturated rings. The number of esters is 1. The van der Waals surface area contributed by atoms with Crippen LogP contribution in [0.3, 0.4) is 0 Å². The second kappa shape index (κ2) is 10.2. The average molecular weight is 438 g/mol. The Morgan fingerprint density at radius 2 is 2.03 bits per heavy atom. The van der Waals surface area contributed by atoms with Gasteiger partial charge in [-0.2, -0.15) is 0 Å². The molecule has 174 valence electrons. The first-order valence-electron chi connectivity index (χ1n) is 12.4. The fraction of sp³-hybridized carbons (Fsp3) is 0.630. The number of carbonyl (C=O) groups is 1. The van der Waals surface area contributed by atoms with E-state index < -0.39 is 0 Å². The number of allylic oxidation sites excluding steroid dienone is 1. The molecule has 4 rings (SSSR count). The molecule has 0 saturated heterocycles. The maximum atomic E-state index is 11.8. The molecule has 5 nitrogen and oxygen atoms in total. The van der Waals surface area contributed by atoms with Gasteiger partial charge >= 0.3 is 5.97 Å². The van der Waals surface area contributed by atoms with Crippen molar-refractivity contribution in [3.05, 3.63) is 41.2 Å². The number of benzene rings is 1. The summed E-state index contributed by atoms with van der Waals surface area (Å²) in [6.07, 6.45) is 11.5. The third kappa shape index (κ3) is 5.25. The molecule has 1 heterocycles. The largest absolute Gasteiger partial charge is 0.465 e. The number of aromatic amines is 1. The fourth-order valence-corrected chi connectivity index (χ4v) is 5.75. The Kier molecular flexibility index (Phi) is 7.34. The Morgan fingerprint density at radius 1 is 1.25 bits per heavy atom. The van der Waals surface area contributed by atoms with E-state index in [4.69, 9.17) is 9.72 Å². The minimum Gasteiger partial charge on any atom is -0.465 e. The van der Waals surface area contributed by atoms with Gasteiger partial charge in [0.15, 0.2) is 0 Å². The number of rotatable bonds is 7. The van der Waals surface area contributed by atoms with Gasteiger partial charge in [0.2, 0.25) is 0 Å². The maximum Gasteiger partial charge on any atom is 0.337 e.